The van der Waals surface area contributed by atoms with Crippen molar-refractivity contribution in [3.8, 4) is 0 Å². The smallest absolute Gasteiger partial charge is 0.251 e. The maximum Gasteiger partial charge on any atom is 0.251 e. The molecule has 2 N–H and O–H groups in total. The lowest BCUT2D eigenvalue weighted by Crippen LogP contribution is -2.33. The van der Waals surface area contributed by atoms with Gasteiger partial charge in [0.2, 0.25) is 0 Å². The number of aryl methyl sites for hydroxylation is 1. The zero-order valence-electron chi connectivity index (χ0n) is 12.0. The molecule has 0 aliphatic heterocycles. The molecule has 3 heteroatoms. The number of carbonyl (C=O) groups excluding carboxylic acids is 1. The summed E-state index contributed by atoms with van der Waals surface area (Å²) in [5.41, 5.74) is 3.96. The number of aliphatic hydroxyl groups is 1. The van der Waals surface area contributed by atoms with Gasteiger partial charge in [0.25, 0.3) is 5.91 Å². The Kier molecular flexibility index (Phi) is 3.76. The second kappa shape index (κ2) is 5.70. The van der Waals surface area contributed by atoms with Gasteiger partial charge < -0.3 is 10.4 Å². The number of carbonyl (C=O) groups is 1. The van der Waals surface area contributed by atoms with Crippen LogP contribution in [-0.4, -0.2) is 17.1 Å². The lowest BCUT2D eigenvalue weighted by molar-refractivity contribution is 0.0858. The number of benzene rings is 2. The molecule has 2 atom stereocenters. The van der Waals surface area contributed by atoms with Gasteiger partial charge in [-0.2, -0.15) is 0 Å². The van der Waals surface area contributed by atoms with Crippen molar-refractivity contribution in [2.24, 2.45) is 0 Å². The third-order valence-corrected chi connectivity index (χ3v) is 4.11. The summed E-state index contributed by atoms with van der Waals surface area (Å²) in [6.45, 7) is 2.08. The van der Waals surface area contributed by atoms with Gasteiger partial charge in [0, 0.05) is 12.0 Å². The van der Waals surface area contributed by atoms with Crippen molar-refractivity contribution >= 4 is 5.91 Å². The third kappa shape index (κ3) is 2.69. The van der Waals surface area contributed by atoms with E-state index in [1.165, 1.54) is 5.56 Å². The van der Waals surface area contributed by atoms with Gasteiger partial charge in [0.15, 0.2) is 0 Å². The zero-order valence-corrected chi connectivity index (χ0v) is 12.0. The first kappa shape index (κ1) is 13.8. The minimum Gasteiger partial charge on any atom is -0.390 e. The summed E-state index contributed by atoms with van der Waals surface area (Å²) < 4.78 is 0. The van der Waals surface area contributed by atoms with Crippen LogP contribution in [0.15, 0.2) is 48.5 Å². The van der Waals surface area contributed by atoms with E-state index in [0.717, 1.165) is 17.5 Å². The highest BCUT2D eigenvalue weighted by Gasteiger charge is 2.31. The normalized spacial score (nSPS) is 20.1. The number of aliphatic hydroxyl groups excluding tert-OH is 1. The molecule has 2 aromatic rings. The molecule has 108 valence electrons. The molecule has 0 bridgehead atoms. The largest absolute Gasteiger partial charge is 0.390 e. The predicted octanol–water partition coefficient (Wildman–Crippen LogP) is 2.64. The van der Waals surface area contributed by atoms with Gasteiger partial charge in [0.05, 0.1) is 12.1 Å². The van der Waals surface area contributed by atoms with Crippen LogP contribution in [0.3, 0.4) is 0 Å². The molecule has 2 unspecified atom stereocenters. The maximum atomic E-state index is 12.3. The molecule has 0 saturated carbocycles. The minimum absolute atomic E-state index is 0.140. The molecular formula is C18H19NO2. The summed E-state index contributed by atoms with van der Waals surface area (Å²) in [7, 11) is 0. The Morgan fingerprint density at radius 1 is 1.19 bits per heavy atom. The van der Waals surface area contributed by atoms with Gasteiger partial charge in [-0.3, -0.25) is 4.79 Å². The van der Waals surface area contributed by atoms with E-state index in [2.05, 4.69) is 12.2 Å². The van der Waals surface area contributed by atoms with Crippen LogP contribution in [0.1, 0.15) is 40.0 Å². The van der Waals surface area contributed by atoms with E-state index in [4.69, 9.17) is 0 Å². The monoisotopic (exact) mass is 281 g/mol. The highest BCUT2D eigenvalue weighted by Crippen LogP contribution is 2.31. The van der Waals surface area contributed by atoms with Gasteiger partial charge in [-0.05, 0) is 35.2 Å². The fourth-order valence-electron chi connectivity index (χ4n) is 2.86. The second-order valence-corrected chi connectivity index (χ2v) is 5.47. The summed E-state index contributed by atoms with van der Waals surface area (Å²) >= 11 is 0. The molecule has 0 spiro atoms. The molecule has 2 aromatic carbocycles. The van der Waals surface area contributed by atoms with Crippen LogP contribution in [0.25, 0.3) is 0 Å². The maximum absolute atomic E-state index is 12.3. The summed E-state index contributed by atoms with van der Waals surface area (Å²) in [5, 5.41) is 13.1. The molecule has 0 radical (unpaired) electrons. The van der Waals surface area contributed by atoms with Gasteiger partial charge >= 0.3 is 0 Å². The fourth-order valence-corrected chi connectivity index (χ4v) is 2.86. The van der Waals surface area contributed by atoms with Crippen molar-refractivity contribution in [3.63, 3.8) is 0 Å². The van der Waals surface area contributed by atoms with E-state index >= 15 is 0 Å². The molecule has 1 aliphatic rings. The standard InChI is InChI=1S/C18H19NO2/c1-2-12-7-9-13(10-8-12)18(21)19-17-15-6-4-3-5-14(15)11-16(17)20/h3-10,16-17,20H,2,11H2,1H3,(H,19,21). The molecule has 1 amide bonds. The van der Waals surface area contributed by atoms with Crippen LogP contribution in [0.4, 0.5) is 0 Å². The van der Waals surface area contributed by atoms with Crippen LogP contribution in [0, 0.1) is 0 Å². The van der Waals surface area contributed by atoms with Crippen LogP contribution in [-0.2, 0) is 12.8 Å². The molecule has 1 aliphatic carbocycles. The average Bonchev–Trinajstić information content (AvgIpc) is 2.83. The quantitative estimate of drug-likeness (QED) is 0.908. The van der Waals surface area contributed by atoms with Crippen LogP contribution in [0.2, 0.25) is 0 Å². The summed E-state index contributed by atoms with van der Waals surface area (Å²) in [6.07, 6.45) is 0.994. The highest BCUT2D eigenvalue weighted by molar-refractivity contribution is 5.94. The van der Waals surface area contributed by atoms with E-state index in [9.17, 15) is 9.90 Å². The Morgan fingerprint density at radius 3 is 2.62 bits per heavy atom. The molecule has 21 heavy (non-hydrogen) atoms. The van der Waals surface area contributed by atoms with Gasteiger partial charge in [-0.25, -0.2) is 0 Å². The molecule has 0 aromatic heterocycles. The number of rotatable bonds is 3. The first-order valence-corrected chi connectivity index (χ1v) is 7.34. The van der Waals surface area contributed by atoms with E-state index in [1.54, 1.807) is 0 Å². The van der Waals surface area contributed by atoms with E-state index < -0.39 is 6.10 Å². The van der Waals surface area contributed by atoms with Gasteiger partial charge in [-0.1, -0.05) is 43.3 Å². The van der Waals surface area contributed by atoms with Crippen LogP contribution in [0.5, 0.6) is 0 Å². The van der Waals surface area contributed by atoms with Crippen LogP contribution < -0.4 is 5.32 Å². The van der Waals surface area contributed by atoms with Crippen molar-refractivity contribution in [1.82, 2.24) is 5.32 Å². The van der Waals surface area contributed by atoms with Gasteiger partial charge in [0.1, 0.15) is 0 Å². The molecule has 0 saturated heterocycles. The van der Waals surface area contributed by atoms with E-state index in [-0.39, 0.29) is 11.9 Å². The first-order valence-electron chi connectivity index (χ1n) is 7.34. The van der Waals surface area contributed by atoms with Crippen molar-refractivity contribution < 1.29 is 9.90 Å². The average molecular weight is 281 g/mol. The number of hydrogen-bond donors (Lipinski definition) is 2. The molecule has 0 fully saturated rings. The number of amides is 1. The summed E-state index contributed by atoms with van der Waals surface area (Å²) in [5.74, 6) is -0.140. The van der Waals surface area contributed by atoms with Crippen molar-refractivity contribution in [2.75, 3.05) is 0 Å². The van der Waals surface area contributed by atoms with Gasteiger partial charge in [-0.15, -0.1) is 0 Å². The van der Waals surface area contributed by atoms with E-state index in [0.29, 0.717) is 12.0 Å². The minimum atomic E-state index is -0.554. The number of fused-ring (bicyclic) bond motifs is 1. The molecule has 0 heterocycles. The molecule has 3 rings (SSSR count). The van der Waals surface area contributed by atoms with Crippen molar-refractivity contribution in [1.29, 1.82) is 0 Å². The van der Waals surface area contributed by atoms with Crippen molar-refractivity contribution in [3.05, 3.63) is 70.8 Å². The summed E-state index contributed by atoms with van der Waals surface area (Å²) in [6, 6.07) is 15.1. The molecule has 3 nitrogen and oxygen atoms in total. The third-order valence-electron chi connectivity index (χ3n) is 4.11. The van der Waals surface area contributed by atoms with E-state index in [1.807, 2.05) is 48.5 Å². The van der Waals surface area contributed by atoms with Crippen molar-refractivity contribution in [2.45, 2.75) is 31.9 Å². The second-order valence-electron chi connectivity index (χ2n) is 5.47. The Morgan fingerprint density at radius 2 is 1.90 bits per heavy atom. The Labute approximate surface area is 124 Å². The summed E-state index contributed by atoms with van der Waals surface area (Å²) in [4.78, 5) is 12.3. The Hall–Kier alpha value is -2.13. The predicted molar refractivity (Wildman–Crippen MR) is 82.2 cm³/mol. The lowest BCUT2D eigenvalue weighted by atomic mass is 10.1. The Balaban J connectivity index is 1.78. The SMILES string of the molecule is CCc1ccc(C(=O)NC2c3ccccc3CC2O)cc1. The topological polar surface area (TPSA) is 49.3 Å². The lowest BCUT2D eigenvalue weighted by Gasteiger charge is -2.18. The highest BCUT2D eigenvalue weighted by atomic mass is 16.3. The zero-order chi connectivity index (χ0) is 14.8. The molecular weight excluding hydrogens is 262 g/mol. The first-order chi connectivity index (χ1) is 10.2. The Bertz CT molecular complexity index is 649. The van der Waals surface area contributed by atoms with Crippen LogP contribution >= 0.6 is 0 Å². The number of hydrogen-bond acceptors (Lipinski definition) is 2. The fraction of sp³-hybridized carbons (Fsp3) is 0.278. The number of nitrogens with one attached hydrogen (secondary N) is 1.